The number of benzene rings is 1. The summed E-state index contributed by atoms with van der Waals surface area (Å²) in [4.78, 5) is 14.6. The standard InChI is InChI=1S/C19H23N3O2/c1-14-11-16-18(24-14)12-17(19(23)20-9-10-21(2)3)22(16)13-15-7-5-4-6-8-15/h4-8,11-12H,9-10,13H2,1-3H3,(H,20,23). The summed E-state index contributed by atoms with van der Waals surface area (Å²) < 4.78 is 7.73. The molecule has 0 fully saturated rings. The number of amides is 1. The molecule has 1 aromatic carbocycles. The van der Waals surface area contributed by atoms with Crippen LogP contribution in [0.1, 0.15) is 21.8 Å². The normalized spacial score (nSPS) is 11.3. The minimum absolute atomic E-state index is 0.0724. The first kappa shape index (κ1) is 16.3. The molecular formula is C19H23N3O2. The van der Waals surface area contributed by atoms with Crippen molar-refractivity contribution in [2.75, 3.05) is 27.2 Å². The Labute approximate surface area is 141 Å². The van der Waals surface area contributed by atoms with Crippen molar-refractivity contribution in [1.82, 2.24) is 14.8 Å². The Morgan fingerprint density at radius 2 is 1.96 bits per heavy atom. The van der Waals surface area contributed by atoms with Gasteiger partial charge in [-0.1, -0.05) is 30.3 Å². The van der Waals surface area contributed by atoms with Gasteiger partial charge in [-0.15, -0.1) is 0 Å². The van der Waals surface area contributed by atoms with Gasteiger partial charge in [-0.05, 0) is 26.6 Å². The van der Waals surface area contributed by atoms with Gasteiger partial charge in [0.15, 0.2) is 5.58 Å². The number of rotatable bonds is 6. The van der Waals surface area contributed by atoms with Crippen LogP contribution in [-0.4, -0.2) is 42.6 Å². The smallest absolute Gasteiger partial charge is 0.268 e. The topological polar surface area (TPSA) is 50.4 Å². The van der Waals surface area contributed by atoms with Gasteiger partial charge in [0.2, 0.25) is 0 Å². The van der Waals surface area contributed by atoms with E-state index in [1.807, 2.05) is 60.8 Å². The maximum Gasteiger partial charge on any atom is 0.268 e. The van der Waals surface area contributed by atoms with Crippen molar-refractivity contribution in [3.05, 3.63) is 59.5 Å². The molecule has 5 nitrogen and oxygen atoms in total. The highest BCUT2D eigenvalue weighted by Gasteiger charge is 2.18. The Hall–Kier alpha value is -2.53. The predicted molar refractivity (Wildman–Crippen MR) is 95.4 cm³/mol. The van der Waals surface area contributed by atoms with Gasteiger partial charge in [-0.2, -0.15) is 0 Å². The van der Waals surface area contributed by atoms with Crippen LogP contribution in [0.3, 0.4) is 0 Å². The summed E-state index contributed by atoms with van der Waals surface area (Å²) >= 11 is 0. The molecule has 24 heavy (non-hydrogen) atoms. The molecule has 3 rings (SSSR count). The highest BCUT2D eigenvalue weighted by atomic mass is 16.3. The zero-order chi connectivity index (χ0) is 17.1. The molecule has 0 radical (unpaired) electrons. The van der Waals surface area contributed by atoms with E-state index in [-0.39, 0.29) is 5.91 Å². The van der Waals surface area contributed by atoms with Gasteiger partial charge in [0.25, 0.3) is 5.91 Å². The highest BCUT2D eigenvalue weighted by molar-refractivity contribution is 5.97. The number of nitrogens with zero attached hydrogens (tertiary/aromatic N) is 2. The summed E-state index contributed by atoms with van der Waals surface area (Å²) in [6, 6.07) is 13.9. The lowest BCUT2D eigenvalue weighted by Gasteiger charge is -2.12. The number of fused-ring (bicyclic) bond motifs is 1. The van der Waals surface area contributed by atoms with Crippen LogP contribution in [0.25, 0.3) is 11.1 Å². The molecule has 0 saturated heterocycles. The number of hydrogen-bond donors (Lipinski definition) is 1. The minimum Gasteiger partial charge on any atom is -0.460 e. The van der Waals surface area contributed by atoms with E-state index >= 15 is 0 Å². The van der Waals surface area contributed by atoms with E-state index < -0.39 is 0 Å². The number of likely N-dealkylation sites (N-methyl/N-ethyl adjacent to an activating group) is 1. The Kier molecular flexibility index (Phi) is 4.71. The fourth-order valence-corrected chi connectivity index (χ4v) is 2.77. The maximum atomic E-state index is 12.6. The molecule has 0 aliphatic heterocycles. The van der Waals surface area contributed by atoms with Crippen LogP contribution in [0, 0.1) is 6.92 Å². The van der Waals surface area contributed by atoms with Crippen molar-refractivity contribution >= 4 is 17.0 Å². The van der Waals surface area contributed by atoms with Crippen LogP contribution < -0.4 is 5.32 Å². The predicted octanol–water partition coefficient (Wildman–Crippen LogP) is 2.88. The minimum atomic E-state index is -0.0724. The average Bonchev–Trinajstić information content (AvgIpc) is 3.05. The number of hydrogen-bond acceptors (Lipinski definition) is 3. The van der Waals surface area contributed by atoms with Crippen LogP contribution in [0.15, 0.2) is 46.9 Å². The average molecular weight is 325 g/mol. The second-order valence-corrected chi connectivity index (χ2v) is 6.27. The van der Waals surface area contributed by atoms with Crippen LogP contribution >= 0.6 is 0 Å². The molecule has 0 atom stereocenters. The number of furan rings is 1. The summed E-state index contributed by atoms with van der Waals surface area (Å²) in [6.07, 6.45) is 0. The number of aromatic nitrogens is 1. The summed E-state index contributed by atoms with van der Waals surface area (Å²) in [7, 11) is 3.97. The van der Waals surface area contributed by atoms with Gasteiger partial charge in [-0.3, -0.25) is 4.79 Å². The van der Waals surface area contributed by atoms with Crippen LogP contribution in [0.4, 0.5) is 0 Å². The molecule has 2 aromatic heterocycles. The molecule has 0 spiro atoms. The summed E-state index contributed by atoms with van der Waals surface area (Å²) in [5, 5.41) is 2.98. The van der Waals surface area contributed by atoms with Crippen LogP contribution in [-0.2, 0) is 6.54 Å². The third-order valence-corrected chi connectivity index (χ3v) is 3.97. The fourth-order valence-electron chi connectivity index (χ4n) is 2.77. The molecule has 0 unspecified atom stereocenters. The molecule has 0 bridgehead atoms. The van der Waals surface area contributed by atoms with E-state index in [2.05, 4.69) is 17.4 Å². The van der Waals surface area contributed by atoms with Gasteiger partial charge in [0.05, 0.1) is 5.52 Å². The van der Waals surface area contributed by atoms with Crippen molar-refractivity contribution in [3.8, 4) is 0 Å². The Bertz CT molecular complexity index is 831. The highest BCUT2D eigenvalue weighted by Crippen LogP contribution is 2.24. The first-order chi connectivity index (χ1) is 11.5. The van der Waals surface area contributed by atoms with Crippen molar-refractivity contribution in [2.45, 2.75) is 13.5 Å². The van der Waals surface area contributed by atoms with E-state index in [9.17, 15) is 4.79 Å². The third-order valence-electron chi connectivity index (χ3n) is 3.97. The van der Waals surface area contributed by atoms with Gasteiger partial charge < -0.3 is 19.2 Å². The SMILES string of the molecule is Cc1cc2c(cc(C(=O)NCCN(C)C)n2Cc2ccccc2)o1. The van der Waals surface area contributed by atoms with Gasteiger partial charge >= 0.3 is 0 Å². The summed E-state index contributed by atoms with van der Waals surface area (Å²) in [5.41, 5.74) is 3.48. The molecule has 5 heteroatoms. The lowest BCUT2D eigenvalue weighted by molar-refractivity contribution is 0.0942. The molecule has 0 aliphatic rings. The summed E-state index contributed by atoms with van der Waals surface area (Å²) in [6.45, 7) is 3.98. The third kappa shape index (κ3) is 3.51. The zero-order valence-electron chi connectivity index (χ0n) is 14.4. The monoisotopic (exact) mass is 325 g/mol. The van der Waals surface area contributed by atoms with E-state index in [4.69, 9.17) is 4.42 Å². The number of carbonyl (C=O) groups excluding carboxylic acids is 1. The molecule has 3 aromatic rings. The van der Waals surface area contributed by atoms with E-state index in [1.54, 1.807) is 0 Å². The summed E-state index contributed by atoms with van der Waals surface area (Å²) in [5.74, 6) is 0.776. The van der Waals surface area contributed by atoms with Gasteiger partial charge in [-0.25, -0.2) is 0 Å². The van der Waals surface area contributed by atoms with Crippen LogP contribution in [0.5, 0.6) is 0 Å². The number of carbonyl (C=O) groups is 1. The van der Waals surface area contributed by atoms with Crippen molar-refractivity contribution in [3.63, 3.8) is 0 Å². The number of aryl methyl sites for hydroxylation is 1. The number of nitrogens with one attached hydrogen (secondary N) is 1. The first-order valence-corrected chi connectivity index (χ1v) is 8.11. The second-order valence-electron chi connectivity index (χ2n) is 6.27. The molecule has 1 amide bonds. The van der Waals surface area contributed by atoms with Gasteiger partial charge in [0, 0.05) is 31.8 Å². The quantitative estimate of drug-likeness (QED) is 0.758. The molecule has 0 saturated carbocycles. The van der Waals surface area contributed by atoms with Crippen molar-refractivity contribution in [1.29, 1.82) is 0 Å². The Morgan fingerprint density at radius 1 is 1.21 bits per heavy atom. The molecule has 0 aliphatic carbocycles. The molecular weight excluding hydrogens is 302 g/mol. The lowest BCUT2D eigenvalue weighted by atomic mass is 10.2. The second kappa shape index (κ2) is 6.93. The zero-order valence-corrected chi connectivity index (χ0v) is 14.4. The van der Waals surface area contributed by atoms with E-state index in [1.165, 1.54) is 0 Å². The lowest BCUT2D eigenvalue weighted by Crippen LogP contribution is -2.32. The molecule has 1 N–H and O–H groups in total. The molecule has 126 valence electrons. The van der Waals surface area contributed by atoms with E-state index in [0.29, 0.717) is 18.8 Å². The van der Waals surface area contributed by atoms with Crippen LogP contribution in [0.2, 0.25) is 0 Å². The van der Waals surface area contributed by atoms with E-state index in [0.717, 1.165) is 29.0 Å². The maximum absolute atomic E-state index is 12.6. The Morgan fingerprint density at radius 3 is 2.67 bits per heavy atom. The van der Waals surface area contributed by atoms with Crippen molar-refractivity contribution < 1.29 is 9.21 Å². The van der Waals surface area contributed by atoms with Gasteiger partial charge in [0.1, 0.15) is 11.5 Å². The molecule has 2 heterocycles. The van der Waals surface area contributed by atoms with Crippen molar-refractivity contribution in [2.24, 2.45) is 0 Å². The largest absolute Gasteiger partial charge is 0.460 e. The fraction of sp³-hybridized carbons (Fsp3) is 0.316. The Balaban J connectivity index is 1.90. The first-order valence-electron chi connectivity index (χ1n) is 8.11.